The van der Waals surface area contributed by atoms with Crippen LogP contribution in [0.4, 0.5) is 20.3 Å². The van der Waals surface area contributed by atoms with Crippen molar-refractivity contribution in [2.45, 2.75) is 6.42 Å². The lowest BCUT2D eigenvalue weighted by Gasteiger charge is -2.08. The molecule has 0 amide bonds. The van der Waals surface area contributed by atoms with Crippen LogP contribution in [-0.4, -0.2) is 15.0 Å². The predicted octanol–water partition coefficient (Wildman–Crippen LogP) is 4.44. The van der Waals surface area contributed by atoms with Crippen molar-refractivity contribution in [2.75, 3.05) is 5.32 Å². The normalized spacial score (nSPS) is 10.7. The first-order chi connectivity index (χ1) is 13.1. The molecule has 132 valence electrons. The predicted molar refractivity (Wildman–Crippen MR) is 97.5 cm³/mol. The molecule has 3 aromatic heterocycles. The molecule has 0 aliphatic carbocycles. The molecule has 4 aromatic rings. The Morgan fingerprint density at radius 1 is 1.07 bits per heavy atom. The van der Waals surface area contributed by atoms with Crippen molar-refractivity contribution in [3.05, 3.63) is 83.3 Å². The first-order valence-corrected chi connectivity index (χ1v) is 8.16. The summed E-state index contributed by atoms with van der Waals surface area (Å²) in [5, 5.41) is 12.6. The Hall–Kier alpha value is -3.79. The Balaban J connectivity index is 1.56. The van der Waals surface area contributed by atoms with Gasteiger partial charge >= 0.3 is 0 Å². The molecule has 0 aliphatic rings. The summed E-state index contributed by atoms with van der Waals surface area (Å²) in [6.07, 6.45) is 5.59. The molecule has 1 aromatic carbocycles. The van der Waals surface area contributed by atoms with Gasteiger partial charge in [0.15, 0.2) is 0 Å². The minimum absolute atomic E-state index is 0.232. The summed E-state index contributed by atoms with van der Waals surface area (Å²) in [5.41, 5.74) is 2.87. The third kappa shape index (κ3) is 3.33. The third-order valence-electron chi connectivity index (χ3n) is 4.18. The maximum atomic E-state index is 13.7. The number of benzene rings is 1. The highest BCUT2D eigenvalue weighted by Gasteiger charge is 2.10. The number of nitrogens with zero attached hydrogens (tertiary/aromatic N) is 3. The molecule has 0 spiro atoms. The molecule has 5 nitrogen and oxygen atoms in total. The number of hydrogen-bond donors (Lipinski definition) is 2. The fourth-order valence-corrected chi connectivity index (χ4v) is 2.83. The molecule has 7 heteroatoms. The minimum Gasteiger partial charge on any atom is -0.346 e. The molecule has 0 saturated carbocycles. The van der Waals surface area contributed by atoms with Crippen molar-refractivity contribution in [3.8, 4) is 6.07 Å². The number of fused-ring (bicyclic) bond motifs is 1. The highest BCUT2D eigenvalue weighted by Crippen LogP contribution is 2.24. The zero-order valence-electron chi connectivity index (χ0n) is 14.0. The topological polar surface area (TPSA) is 77.4 Å². The van der Waals surface area contributed by atoms with Crippen LogP contribution in [0.2, 0.25) is 0 Å². The van der Waals surface area contributed by atoms with E-state index in [2.05, 4.69) is 26.3 Å². The zero-order valence-corrected chi connectivity index (χ0v) is 14.0. The van der Waals surface area contributed by atoms with Crippen molar-refractivity contribution in [1.29, 1.82) is 5.26 Å². The van der Waals surface area contributed by atoms with Gasteiger partial charge in [0.2, 0.25) is 0 Å². The largest absolute Gasteiger partial charge is 0.346 e. The molecule has 0 radical (unpaired) electrons. The van der Waals surface area contributed by atoms with E-state index in [0.29, 0.717) is 23.4 Å². The minimum atomic E-state index is -0.680. The van der Waals surface area contributed by atoms with Crippen LogP contribution in [0.1, 0.15) is 16.7 Å². The van der Waals surface area contributed by atoms with Gasteiger partial charge in [-0.2, -0.15) is 5.26 Å². The van der Waals surface area contributed by atoms with Crippen LogP contribution >= 0.6 is 0 Å². The van der Waals surface area contributed by atoms with Crippen molar-refractivity contribution < 1.29 is 8.78 Å². The van der Waals surface area contributed by atoms with Gasteiger partial charge in [-0.1, -0.05) is 12.1 Å². The van der Waals surface area contributed by atoms with Crippen LogP contribution in [0.5, 0.6) is 0 Å². The summed E-state index contributed by atoms with van der Waals surface area (Å²) in [5.74, 6) is -1.02. The van der Waals surface area contributed by atoms with Crippen LogP contribution in [-0.2, 0) is 6.42 Å². The molecule has 27 heavy (non-hydrogen) atoms. The number of para-hydroxylation sites is 1. The lowest BCUT2D eigenvalue weighted by Crippen LogP contribution is -1.99. The second-order valence-corrected chi connectivity index (χ2v) is 6.00. The summed E-state index contributed by atoms with van der Waals surface area (Å²) in [6, 6.07) is 11.0. The summed E-state index contributed by atoms with van der Waals surface area (Å²) in [4.78, 5) is 11.5. The van der Waals surface area contributed by atoms with Crippen molar-refractivity contribution in [3.63, 3.8) is 0 Å². The Bertz CT molecular complexity index is 1140. The maximum absolute atomic E-state index is 13.7. The Labute approximate surface area is 153 Å². The zero-order chi connectivity index (χ0) is 18.8. The lowest BCUT2D eigenvalue weighted by atomic mass is 10.1. The van der Waals surface area contributed by atoms with Crippen LogP contribution in [0, 0.1) is 23.0 Å². The SMILES string of the molecule is N#Cc1cnc2[nH]cc(Cc3ccc(Nc4c(F)cccc4F)nc3)c2c1. The number of nitrogens with one attached hydrogen (secondary N) is 2. The number of pyridine rings is 2. The van der Waals surface area contributed by atoms with E-state index >= 15 is 0 Å². The third-order valence-corrected chi connectivity index (χ3v) is 4.18. The van der Waals surface area contributed by atoms with E-state index in [4.69, 9.17) is 5.26 Å². The molecule has 4 rings (SSSR count). The van der Waals surface area contributed by atoms with E-state index in [1.165, 1.54) is 24.4 Å². The summed E-state index contributed by atoms with van der Waals surface area (Å²) in [6.45, 7) is 0. The number of halogens is 2. The Morgan fingerprint density at radius 2 is 1.89 bits per heavy atom. The molecule has 0 aliphatic heterocycles. The second-order valence-electron chi connectivity index (χ2n) is 6.00. The Morgan fingerprint density at radius 3 is 2.59 bits per heavy atom. The second kappa shape index (κ2) is 6.84. The molecule has 0 bridgehead atoms. The smallest absolute Gasteiger partial charge is 0.149 e. The number of hydrogen-bond acceptors (Lipinski definition) is 4. The number of anilines is 2. The van der Waals surface area contributed by atoms with Gasteiger partial charge in [-0.05, 0) is 35.4 Å². The summed E-state index contributed by atoms with van der Waals surface area (Å²) >= 11 is 0. The molecular weight excluding hydrogens is 348 g/mol. The maximum Gasteiger partial charge on any atom is 0.149 e. The van der Waals surface area contributed by atoms with E-state index in [1.807, 2.05) is 12.3 Å². The average molecular weight is 361 g/mol. The van der Waals surface area contributed by atoms with Crippen LogP contribution < -0.4 is 5.32 Å². The molecule has 0 fully saturated rings. The van der Waals surface area contributed by atoms with Gasteiger partial charge in [0, 0.05) is 30.4 Å². The first kappa shape index (κ1) is 16.7. The highest BCUT2D eigenvalue weighted by atomic mass is 19.1. The molecule has 0 unspecified atom stereocenters. The number of aromatic nitrogens is 3. The summed E-state index contributed by atoms with van der Waals surface area (Å²) in [7, 11) is 0. The van der Waals surface area contributed by atoms with Gasteiger partial charge in [-0.15, -0.1) is 0 Å². The van der Waals surface area contributed by atoms with Crippen LogP contribution in [0.3, 0.4) is 0 Å². The van der Waals surface area contributed by atoms with Gasteiger partial charge in [0.1, 0.15) is 34.9 Å². The van der Waals surface area contributed by atoms with Crippen molar-refractivity contribution in [2.24, 2.45) is 0 Å². The number of rotatable bonds is 4. The number of nitriles is 1. The number of aromatic amines is 1. The van der Waals surface area contributed by atoms with Crippen molar-refractivity contribution >= 4 is 22.5 Å². The fourth-order valence-electron chi connectivity index (χ4n) is 2.83. The molecule has 0 saturated heterocycles. The molecular formula is C20H13F2N5. The first-order valence-electron chi connectivity index (χ1n) is 8.16. The average Bonchev–Trinajstić information content (AvgIpc) is 3.08. The van der Waals surface area contributed by atoms with Gasteiger partial charge in [0.25, 0.3) is 0 Å². The fraction of sp³-hybridized carbons (Fsp3) is 0.0500. The van der Waals surface area contributed by atoms with Gasteiger partial charge in [-0.3, -0.25) is 0 Å². The van der Waals surface area contributed by atoms with Crippen LogP contribution in [0.25, 0.3) is 11.0 Å². The standard InChI is InChI=1S/C20H13F2N5/c21-16-2-1-3-17(22)19(16)27-18-5-4-12(9-24-18)6-14-11-26-20-15(14)7-13(8-23)10-25-20/h1-5,7,9-11H,6H2,(H,24,27)(H,25,26). The van der Waals surface area contributed by atoms with E-state index in [1.54, 1.807) is 18.3 Å². The monoisotopic (exact) mass is 361 g/mol. The van der Waals surface area contributed by atoms with Gasteiger partial charge in [-0.25, -0.2) is 18.7 Å². The molecule has 2 N–H and O–H groups in total. The summed E-state index contributed by atoms with van der Waals surface area (Å²) < 4.78 is 27.4. The Kier molecular flexibility index (Phi) is 4.22. The van der Waals surface area contributed by atoms with Gasteiger partial charge < -0.3 is 10.3 Å². The lowest BCUT2D eigenvalue weighted by molar-refractivity contribution is 0.590. The van der Waals surface area contributed by atoms with E-state index in [0.717, 1.165) is 16.5 Å². The molecule has 3 heterocycles. The van der Waals surface area contributed by atoms with Crippen LogP contribution in [0.15, 0.2) is 55.0 Å². The van der Waals surface area contributed by atoms with E-state index in [-0.39, 0.29) is 5.69 Å². The number of H-pyrrole nitrogens is 1. The molecule has 0 atom stereocenters. The van der Waals surface area contributed by atoms with E-state index in [9.17, 15) is 8.78 Å². The van der Waals surface area contributed by atoms with Gasteiger partial charge in [0.05, 0.1) is 5.56 Å². The van der Waals surface area contributed by atoms with Crippen molar-refractivity contribution in [1.82, 2.24) is 15.0 Å². The highest BCUT2D eigenvalue weighted by molar-refractivity contribution is 5.81. The van der Waals surface area contributed by atoms with E-state index < -0.39 is 11.6 Å². The quantitative estimate of drug-likeness (QED) is 0.563.